The van der Waals surface area contributed by atoms with E-state index in [0.29, 0.717) is 17.5 Å². The second kappa shape index (κ2) is 13.5. The fourth-order valence-electron chi connectivity index (χ4n) is 9.43. The third-order valence-corrected chi connectivity index (χ3v) is 12.2. The zero-order chi connectivity index (χ0) is 38.9. The minimum Gasteiger partial charge on any atom is -0.333 e. The van der Waals surface area contributed by atoms with Crippen LogP contribution in [0.4, 0.5) is 11.4 Å². The minimum atomic E-state index is 0.231. The third-order valence-electron chi connectivity index (χ3n) is 12.2. The van der Waals surface area contributed by atoms with E-state index >= 15 is 0 Å². The molecule has 0 amide bonds. The van der Waals surface area contributed by atoms with E-state index in [1.165, 1.54) is 54.5 Å². The highest BCUT2D eigenvalue weighted by molar-refractivity contribution is 6.13. The molecule has 10 aromatic rings. The van der Waals surface area contributed by atoms with Crippen LogP contribution in [0.3, 0.4) is 0 Å². The molecule has 2 heterocycles. The van der Waals surface area contributed by atoms with E-state index in [-0.39, 0.29) is 6.04 Å². The molecule has 2 aliphatic rings. The molecule has 1 aliphatic carbocycles. The lowest BCUT2D eigenvalue weighted by atomic mass is 9.89. The number of benzene rings is 9. The van der Waals surface area contributed by atoms with Crippen molar-refractivity contribution in [2.75, 3.05) is 4.90 Å². The number of fused-ring (bicyclic) bond motifs is 9. The molecule has 0 saturated heterocycles. The van der Waals surface area contributed by atoms with Crippen LogP contribution in [-0.2, 0) is 0 Å². The van der Waals surface area contributed by atoms with Crippen molar-refractivity contribution in [1.82, 2.24) is 15.0 Å². The quantitative estimate of drug-likeness (QED) is 0.164. The van der Waals surface area contributed by atoms with Gasteiger partial charge in [-0.2, -0.15) is 0 Å². The van der Waals surface area contributed by atoms with Crippen molar-refractivity contribution in [2.45, 2.75) is 12.5 Å². The molecule has 0 radical (unpaired) electrons. The molecule has 276 valence electrons. The molecular weight excluding hydrogens is 717 g/mol. The normalized spacial score (nSPS) is 14.3. The van der Waals surface area contributed by atoms with Crippen LogP contribution in [0, 0.1) is 0 Å². The van der Waals surface area contributed by atoms with Gasteiger partial charge in [-0.25, -0.2) is 15.0 Å². The van der Waals surface area contributed by atoms with Crippen LogP contribution in [-0.4, -0.2) is 21.0 Å². The first-order chi connectivity index (χ1) is 29.2. The van der Waals surface area contributed by atoms with Crippen molar-refractivity contribution in [3.63, 3.8) is 0 Å². The van der Waals surface area contributed by atoms with Gasteiger partial charge in [0.15, 0.2) is 17.5 Å². The summed E-state index contributed by atoms with van der Waals surface area (Å²) < 4.78 is 0. The number of anilines is 2. The molecule has 1 atom stereocenters. The average molecular weight is 753 g/mol. The lowest BCUT2D eigenvalue weighted by Gasteiger charge is -2.29. The maximum Gasteiger partial charge on any atom is 0.164 e. The minimum absolute atomic E-state index is 0.231. The highest BCUT2D eigenvalue weighted by Gasteiger charge is 2.37. The SMILES string of the molecule is C1=c2ccccc2=C2c3c(ccc4ccccc34)N(c3ccc(-c4ccc(-c5nc(-c6ccccc6)nc(-c6cc7ccccc7c7ccccc67)n5)cc4)cc3)C2C1. The van der Waals surface area contributed by atoms with Gasteiger partial charge in [0.25, 0.3) is 0 Å². The van der Waals surface area contributed by atoms with Crippen molar-refractivity contribution in [1.29, 1.82) is 0 Å². The predicted octanol–water partition coefficient (Wildman–Crippen LogP) is 11.9. The first-order valence-electron chi connectivity index (χ1n) is 20.3. The van der Waals surface area contributed by atoms with E-state index in [0.717, 1.165) is 45.0 Å². The Kier molecular flexibility index (Phi) is 7.63. The van der Waals surface area contributed by atoms with Gasteiger partial charge < -0.3 is 4.90 Å². The van der Waals surface area contributed by atoms with Gasteiger partial charge in [0, 0.05) is 27.9 Å². The van der Waals surface area contributed by atoms with Gasteiger partial charge in [0.2, 0.25) is 0 Å². The van der Waals surface area contributed by atoms with E-state index in [2.05, 4.69) is 187 Å². The van der Waals surface area contributed by atoms with Gasteiger partial charge in [0.05, 0.1) is 11.7 Å². The van der Waals surface area contributed by atoms with Gasteiger partial charge in [-0.15, -0.1) is 0 Å². The van der Waals surface area contributed by atoms with Crippen LogP contribution in [0.2, 0.25) is 0 Å². The molecule has 0 N–H and O–H groups in total. The second-order valence-electron chi connectivity index (χ2n) is 15.5. The van der Waals surface area contributed by atoms with Crippen LogP contribution in [0.15, 0.2) is 194 Å². The van der Waals surface area contributed by atoms with Crippen molar-refractivity contribution in [3.8, 4) is 45.3 Å². The summed E-state index contributed by atoms with van der Waals surface area (Å²) in [6.07, 6.45) is 3.36. The lowest BCUT2D eigenvalue weighted by Crippen LogP contribution is -2.38. The van der Waals surface area contributed by atoms with Crippen molar-refractivity contribution >= 4 is 55.3 Å². The van der Waals surface area contributed by atoms with Crippen LogP contribution >= 0.6 is 0 Å². The summed E-state index contributed by atoms with van der Waals surface area (Å²) in [5, 5.41) is 9.92. The molecule has 0 spiro atoms. The third kappa shape index (κ3) is 5.49. The van der Waals surface area contributed by atoms with Gasteiger partial charge in [-0.05, 0) is 90.1 Å². The molecule has 59 heavy (non-hydrogen) atoms. The van der Waals surface area contributed by atoms with E-state index in [1.54, 1.807) is 0 Å². The van der Waals surface area contributed by atoms with Crippen LogP contribution in [0.25, 0.3) is 89.3 Å². The van der Waals surface area contributed by atoms with E-state index in [1.807, 2.05) is 18.2 Å². The maximum atomic E-state index is 5.17. The first-order valence-corrected chi connectivity index (χ1v) is 20.3. The number of hydrogen-bond acceptors (Lipinski definition) is 4. The molecule has 1 unspecified atom stereocenters. The predicted molar refractivity (Wildman–Crippen MR) is 244 cm³/mol. The Labute approximate surface area is 341 Å². The molecule has 1 aromatic heterocycles. The molecule has 1 aliphatic heterocycles. The van der Waals surface area contributed by atoms with Crippen molar-refractivity contribution in [2.24, 2.45) is 0 Å². The Balaban J connectivity index is 0.921. The summed E-state index contributed by atoms with van der Waals surface area (Å²) >= 11 is 0. The summed E-state index contributed by atoms with van der Waals surface area (Å²) in [5.41, 5.74) is 10.4. The van der Waals surface area contributed by atoms with Gasteiger partial charge in [-0.3, -0.25) is 0 Å². The number of aromatic nitrogens is 3. The topological polar surface area (TPSA) is 41.9 Å². The molecule has 0 fully saturated rings. The van der Waals surface area contributed by atoms with Crippen LogP contribution < -0.4 is 15.3 Å². The maximum absolute atomic E-state index is 5.17. The highest BCUT2D eigenvalue weighted by atomic mass is 15.2. The summed E-state index contributed by atoms with van der Waals surface area (Å²) in [5.74, 6) is 1.95. The zero-order valence-corrected chi connectivity index (χ0v) is 32.1. The molecule has 4 heteroatoms. The fraction of sp³-hybridized carbons (Fsp3) is 0.0364. The van der Waals surface area contributed by atoms with Gasteiger partial charge in [-0.1, -0.05) is 176 Å². The van der Waals surface area contributed by atoms with E-state index < -0.39 is 0 Å². The average Bonchev–Trinajstić information content (AvgIpc) is 3.67. The molecule has 12 rings (SSSR count). The van der Waals surface area contributed by atoms with Crippen LogP contribution in [0.5, 0.6) is 0 Å². The Morgan fingerprint density at radius 2 is 1.00 bits per heavy atom. The molecule has 0 bridgehead atoms. The Bertz CT molecular complexity index is 3410. The molecule has 9 aromatic carbocycles. The number of rotatable bonds is 5. The lowest BCUT2D eigenvalue weighted by molar-refractivity contribution is 0.845. The summed E-state index contributed by atoms with van der Waals surface area (Å²) in [7, 11) is 0. The molecule has 0 saturated carbocycles. The molecular formula is C55H36N4. The van der Waals surface area contributed by atoms with E-state index in [4.69, 9.17) is 15.0 Å². The monoisotopic (exact) mass is 752 g/mol. The second-order valence-corrected chi connectivity index (χ2v) is 15.5. The standard InChI is InChI=1S/C55H36N4/c1-2-14-39(15-3-1)53-56-54(58-55(57-53)48-34-41-16-6-7-17-43(41)46-20-10-11-21-47(46)48)40-24-22-35(23-25-40)36-26-30-42(31-27-36)59-49-32-28-37-12-4-8-18-44(37)51(49)52-45-19-9-5-13-38(45)29-33-50(52)59/h1-32,34,50H,33H2. The summed E-state index contributed by atoms with van der Waals surface area (Å²) in [6, 6.07) is 69.6. The van der Waals surface area contributed by atoms with Crippen LogP contribution in [0.1, 0.15) is 12.0 Å². The summed E-state index contributed by atoms with van der Waals surface area (Å²) in [4.78, 5) is 17.9. The fourth-order valence-corrected chi connectivity index (χ4v) is 9.43. The Morgan fingerprint density at radius 1 is 0.424 bits per heavy atom. The van der Waals surface area contributed by atoms with Crippen molar-refractivity contribution in [3.05, 3.63) is 210 Å². The number of hydrogen-bond donors (Lipinski definition) is 0. The Morgan fingerprint density at radius 3 is 1.78 bits per heavy atom. The smallest absolute Gasteiger partial charge is 0.164 e. The van der Waals surface area contributed by atoms with Gasteiger partial charge >= 0.3 is 0 Å². The number of nitrogens with zero attached hydrogens (tertiary/aromatic N) is 4. The highest BCUT2D eigenvalue weighted by Crippen LogP contribution is 2.48. The largest absolute Gasteiger partial charge is 0.333 e. The first kappa shape index (κ1) is 33.4. The Hall–Kier alpha value is -7.69. The zero-order valence-electron chi connectivity index (χ0n) is 32.1. The van der Waals surface area contributed by atoms with E-state index in [9.17, 15) is 0 Å². The van der Waals surface area contributed by atoms with Gasteiger partial charge in [0.1, 0.15) is 0 Å². The summed E-state index contributed by atoms with van der Waals surface area (Å²) in [6.45, 7) is 0. The van der Waals surface area contributed by atoms with Crippen molar-refractivity contribution < 1.29 is 0 Å². The molecule has 4 nitrogen and oxygen atoms in total.